The number of nitrogens with one attached hydrogen (secondary N) is 1. The monoisotopic (exact) mass is 521 g/mol. The van der Waals surface area contributed by atoms with Gasteiger partial charge >= 0.3 is 0 Å². The normalized spacial score (nSPS) is 14.7. The molecule has 2 aromatic carbocycles. The number of carbonyl (C=O) groups excluding carboxylic acids is 2. The Morgan fingerprint density at radius 1 is 1.11 bits per heavy atom. The summed E-state index contributed by atoms with van der Waals surface area (Å²) in [5.74, 6) is -0.209. The van der Waals surface area contributed by atoms with E-state index >= 15 is 0 Å². The van der Waals surface area contributed by atoms with Crippen LogP contribution >= 0.6 is 35.3 Å². The number of hydrogen-bond acceptors (Lipinski definition) is 6. The highest BCUT2D eigenvalue weighted by Gasteiger charge is 2.31. The van der Waals surface area contributed by atoms with Crippen LogP contribution in [0.3, 0.4) is 0 Å². The molecule has 2 amide bonds. The zero-order valence-electron chi connectivity index (χ0n) is 19.7. The van der Waals surface area contributed by atoms with Gasteiger partial charge in [-0.05, 0) is 42.5 Å². The van der Waals surface area contributed by atoms with Gasteiger partial charge in [0.2, 0.25) is 5.91 Å². The van der Waals surface area contributed by atoms with Crippen LogP contribution in [-0.4, -0.2) is 32.6 Å². The lowest BCUT2D eigenvalue weighted by molar-refractivity contribution is -0.122. The van der Waals surface area contributed by atoms with E-state index in [1.807, 2.05) is 24.4 Å². The number of anilines is 1. The van der Waals surface area contributed by atoms with E-state index < -0.39 is 0 Å². The minimum atomic E-state index is -0.113. The molecule has 2 heterocycles. The molecule has 5 nitrogen and oxygen atoms in total. The summed E-state index contributed by atoms with van der Waals surface area (Å²) in [6.45, 7) is 4.60. The fraction of sp³-hybridized carbons (Fsp3) is 0.259. The molecular weight excluding hydrogens is 495 g/mol. The minimum absolute atomic E-state index is 0.0966. The van der Waals surface area contributed by atoms with Crippen LogP contribution in [0.2, 0.25) is 0 Å². The Hall–Kier alpha value is -2.81. The first-order valence-electron chi connectivity index (χ1n) is 11.6. The molecule has 0 bridgehead atoms. The predicted octanol–water partition coefficient (Wildman–Crippen LogP) is 6.22. The molecule has 0 aliphatic carbocycles. The molecule has 1 fully saturated rings. The third-order valence-electron chi connectivity index (χ3n) is 5.64. The first-order valence-corrected chi connectivity index (χ1v) is 13.6. The van der Waals surface area contributed by atoms with Crippen LogP contribution in [0, 0.1) is 6.92 Å². The number of hydrogen-bond donors (Lipinski definition) is 1. The van der Waals surface area contributed by atoms with Crippen molar-refractivity contribution in [1.29, 1.82) is 0 Å². The maximum Gasteiger partial charge on any atom is 0.266 e. The molecule has 1 N–H and O–H groups in total. The molecule has 0 radical (unpaired) electrons. The topological polar surface area (TPSA) is 62.3 Å². The Labute approximate surface area is 219 Å². The molecule has 0 saturated carbocycles. The highest BCUT2D eigenvalue weighted by atomic mass is 32.2. The Balaban J connectivity index is 1.25. The van der Waals surface area contributed by atoms with Crippen molar-refractivity contribution in [2.45, 2.75) is 39.5 Å². The minimum Gasteiger partial charge on any atom is -0.302 e. The number of rotatable bonds is 9. The lowest BCUT2D eigenvalue weighted by Gasteiger charge is -2.13. The molecule has 4 rings (SSSR count). The van der Waals surface area contributed by atoms with Crippen LogP contribution in [-0.2, 0) is 22.4 Å². The Bertz CT molecular complexity index is 1250. The van der Waals surface area contributed by atoms with Crippen molar-refractivity contribution in [2.24, 2.45) is 0 Å². The summed E-state index contributed by atoms with van der Waals surface area (Å²) in [7, 11) is 0. The number of aromatic nitrogens is 1. The number of thiocarbonyl (C=S) groups is 1. The average molecular weight is 522 g/mol. The molecule has 180 valence electrons. The summed E-state index contributed by atoms with van der Waals surface area (Å²) < 4.78 is 0.535. The number of amides is 2. The van der Waals surface area contributed by atoms with E-state index in [0.29, 0.717) is 33.7 Å². The molecular formula is C27H27N3O2S3. The summed E-state index contributed by atoms with van der Waals surface area (Å²) >= 11 is 8.21. The highest BCUT2D eigenvalue weighted by molar-refractivity contribution is 8.26. The number of carbonyl (C=O) groups is 2. The number of nitrogens with zero attached hydrogens (tertiary/aromatic N) is 2. The number of thiazole rings is 1. The molecule has 35 heavy (non-hydrogen) atoms. The SMILES string of the molecule is CCc1ccc(C=C2SC(=S)N(CCCC(=O)Nc3ncc(Cc4ccc(C)cc4)s3)C2=O)cc1. The maximum atomic E-state index is 12.8. The van der Waals surface area contributed by atoms with Gasteiger partial charge in [-0.1, -0.05) is 85.0 Å². The van der Waals surface area contributed by atoms with E-state index in [4.69, 9.17) is 12.2 Å². The van der Waals surface area contributed by atoms with E-state index in [1.165, 1.54) is 39.8 Å². The molecule has 0 spiro atoms. The van der Waals surface area contributed by atoms with Crippen LogP contribution in [0.4, 0.5) is 5.13 Å². The van der Waals surface area contributed by atoms with Gasteiger partial charge in [-0.2, -0.15) is 0 Å². The van der Waals surface area contributed by atoms with Crippen molar-refractivity contribution in [2.75, 3.05) is 11.9 Å². The third kappa shape index (κ3) is 6.87. The fourth-order valence-electron chi connectivity index (χ4n) is 3.63. The number of benzene rings is 2. The van der Waals surface area contributed by atoms with Gasteiger partial charge in [-0.15, -0.1) is 11.3 Å². The maximum absolute atomic E-state index is 12.8. The predicted molar refractivity (Wildman–Crippen MR) is 150 cm³/mol. The van der Waals surface area contributed by atoms with Crippen molar-refractivity contribution in [3.05, 3.63) is 86.8 Å². The average Bonchev–Trinajstić information content (AvgIpc) is 3.39. The fourth-order valence-corrected chi connectivity index (χ4v) is 5.80. The van der Waals surface area contributed by atoms with E-state index in [1.54, 1.807) is 4.90 Å². The van der Waals surface area contributed by atoms with Gasteiger partial charge in [0.05, 0.1) is 4.91 Å². The van der Waals surface area contributed by atoms with Crippen molar-refractivity contribution < 1.29 is 9.59 Å². The molecule has 3 aromatic rings. The highest BCUT2D eigenvalue weighted by Crippen LogP contribution is 2.32. The largest absolute Gasteiger partial charge is 0.302 e. The van der Waals surface area contributed by atoms with E-state index in [2.05, 4.69) is 60.5 Å². The number of thioether (sulfide) groups is 1. The van der Waals surface area contributed by atoms with Crippen LogP contribution in [0.1, 0.15) is 46.9 Å². The summed E-state index contributed by atoms with van der Waals surface area (Å²) in [6.07, 6.45) is 6.27. The van der Waals surface area contributed by atoms with Gasteiger partial charge in [-0.3, -0.25) is 14.5 Å². The van der Waals surface area contributed by atoms with Gasteiger partial charge in [0.1, 0.15) is 4.32 Å². The zero-order chi connectivity index (χ0) is 24.8. The second-order valence-electron chi connectivity index (χ2n) is 8.37. The Morgan fingerprint density at radius 3 is 2.54 bits per heavy atom. The third-order valence-corrected chi connectivity index (χ3v) is 7.93. The van der Waals surface area contributed by atoms with Gasteiger partial charge in [-0.25, -0.2) is 4.98 Å². The van der Waals surface area contributed by atoms with Crippen LogP contribution in [0.15, 0.2) is 59.6 Å². The molecule has 0 unspecified atom stereocenters. The molecule has 8 heteroatoms. The standard InChI is InChI=1S/C27H27N3O2S3/c1-3-19-10-12-21(13-11-19)16-23-25(32)30(27(33)35-23)14-4-5-24(31)29-26-28-17-22(34-26)15-20-8-6-18(2)7-9-20/h6-13,16-17H,3-5,14-15H2,1-2H3,(H,28,29,31). The second kappa shape index (κ2) is 11.7. The van der Waals surface area contributed by atoms with Crippen molar-refractivity contribution in [3.63, 3.8) is 0 Å². The van der Waals surface area contributed by atoms with Gasteiger partial charge < -0.3 is 5.32 Å². The first kappa shape index (κ1) is 25.3. The molecule has 1 aliphatic heterocycles. The summed E-state index contributed by atoms with van der Waals surface area (Å²) in [5.41, 5.74) is 4.68. The van der Waals surface area contributed by atoms with E-state index in [-0.39, 0.29) is 11.8 Å². The number of aryl methyl sites for hydroxylation is 2. The van der Waals surface area contributed by atoms with Crippen LogP contribution < -0.4 is 5.32 Å². The smallest absolute Gasteiger partial charge is 0.266 e. The van der Waals surface area contributed by atoms with Gasteiger partial charge in [0.25, 0.3) is 5.91 Å². The van der Waals surface area contributed by atoms with Crippen molar-refractivity contribution in [3.8, 4) is 0 Å². The van der Waals surface area contributed by atoms with Crippen molar-refractivity contribution in [1.82, 2.24) is 9.88 Å². The van der Waals surface area contributed by atoms with E-state index in [0.717, 1.165) is 23.3 Å². The summed E-state index contributed by atoms with van der Waals surface area (Å²) in [5, 5.41) is 3.47. The van der Waals surface area contributed by atoms with Crippen LogP contribution in [0.5, 0.6) is 0 Å². The molecule has 1 saturated heterocycles. The molecule has 1 aromatic heterocycles. The van der Waals surface area contributed by atoms with Gasteiger partial charge in [0.15, 0.2) is 5.13 Å². The van der Waals surface area contributed by atoms with Gasteiger partial charge in [0, 0.05) is 30.5 Å². The summed E-state index contributed by atoms with van der Waals surface area (Å²) in [6, 6.07) is 16.6. The lowest BCUT2D eigenvalue weighted by Crippen LogP contribution is -2.29. The summed E-state index contributed by atoms with van der Waals surface area (Å²) in [4.78, 5) is 32.9. The first-order chi connectivity index (χ1) is 16.9. The van der Waals surface area contributed by atoms with Crippen LogP contribution in [0.25, 0.3) is 6.08 Å². The quantitative estimate of drug-likeness (QED) is 0.267. The lowest BCUT2D eigenvalue weighted by atomic mass is 10.1. The molecule has 1 aliphatic rings. The zero-order valence-corrected chi connectivity index (χ0v) is 22.2. The Kier molecular flexibility index (Phi) is 8.49. The second-order valence-corrected chi connectivity index (χ2v) is 11.2. The van der Waals surface area contributed by atoms with Crippen molar-refractivity contribution >= 4 is 62.7 Å². The Morgan fingerprint density at radius 2 is 1.83 bits per heavy atom. The van der Waals surface area contributed by atoms with E-state index in [9.17, 15) is 9.59 Å². The molecule has 0 atom stereocenters.